The van der Waals surface area contributed by atoms with Crippen molar-refractivity contribution in [2.75, 3.05) is 6.54 Å². The van der Waals surface area contributed by atoms with Crippen LogP contribution in [0.25, 0.3) is 0 Å². The maximum Gasteiger partial charge on any atom is 0.270 e. The lowest BCUT2D eigenvalue weighted by atomic mass is 10.1. The highest BCUT2D eigenvalue weighted by Gasteiger charge is 2.12. The van der Waals surface area contributed by atoms with Crippen molar-refractivity contribution in [3.63, 3.8) is 0 Å². The van der Waals surface area contributed by atoms with E-state index in [9.17, 15) is 9.59 Å². The summed E-state index contributed by atoms with van der Waals surface area (Å²) >= 11 is 0. The highest BCUT2D eigenvalue weighted by molar-refractivity contribution is 5.96. The van der Waals surface area contributed by atoms with Crippen LogP contribution in [-0.4, -0.2) is 23.3 Å². The summed E-state index contributed by atoms with van der Waals surface area (Å²) in [6, 6.07) is 12.8. The molecule has 0 saturated carbocycles. The summed E-state index contributed by atoms with van der Waals surface area (Å²) in [5.74, 6) is -0.207. The molecule has 24 heavy (non-hydrogen) atoms. The van der Waals surface area contributed by atoms with E-state index in [-0.39, 0.29) is 23.2 Å². The van der Waals surface area contributed by atoms with Gasteiger partial charge in [0.15, 0.2) is 0 Å². The van der Waals surface area contributed by atoms with Gasteiger partial charge in [-0.2, -0.15) is 0 Å². The molecular weight excluding hydrogens is 302 g/mol. The van der Waals surface area contributed by atoms with E-state index in [1.807, 2.05) is 45.0 Å². The van der Waals surface area contributed by atoms with Crippen molar-refractivity contribution < 1.29 is 9.59 Å². The molecule has 5 heteroatoms. The van der Waals surface area contributed by atoms with Gasteiger partial charge < -0.3 is 10.6 Å². The number of hydrogen-bond donors (Lipinski definition) is 2. The third-order valence-electron chi connectivity index (χ3n) is 3.42. The summed E-state index contributed by atoms with van der Waals surface area (Å²) in [5.41, 5.74) is 2.65. The van der Waals surface area contributed by atoms with E-state index >= 15 is 0 Å². The molecule has 2 amide bonds. The predicted molar refractivity (Wildman–Crippen MR) is 93.8 cm³/mol. The van der Waals surface area contributed by atoms with Gasteiger partial charge >= 0.3 is 0 Å². The molecule has 2 N–H and O–H groups in total. The molecule has 0 bridgehead atoms. The minimum Gasteiger partial charge on any atom is -0.350 e. The van der Waals surface area contributed by atoms with Gasteiger partial charge in [0.2, 0.25) is 0 Å². The maximum absolute atomic E-state index is 12.2. The molecular formula is C19H23N3O2. The number of carbonyl (C=O) groups excluding carboxylic acids is 2. The summed E-state index contributed by atoms with van der Waals surface area (Å²) < 4.78 is 0. The first-order valence-electron chi connectivity index (χ1n) is 8.04. The molecule has 0 unspecified atom stereocenters. The minimum atomic E-state index is -0.296. The average molecular weight is 325 g/mol. The van der Waals surface area contributed by atoms with Crippen molar-refractivity contribution in [3.05, 3.63) is 65.0 Å². The van der Waals surface area contributed by atoms with Gasteiger partial charge in [-0.15, -0.1) is 0 Å². The summed E-state index contributed by atoms with van der Waals surface area (Å²) in [5, 5.41) is 5.62. The molecule has 2 rings (SSSR count). The Hall–Kier alpha value is -2.69. The fourth-order valence-corrected chi connectivity index (χ4v) is 2.17. The minimum absolute atomic E-state index is 0.236. The standard InChI is InChI=1S/C19H23N3O2/c1-13(2)11-20-18(23)16-8-5-9-17(22-16)19(24)21-12-15-7-4-6-14(3)10-15/h4-10,13H,11-12H2,1-3H3,(H,20,23)(H,21,24). The van der Waals surface area contributed by atoms with E-state index in [2.05, 4.69) is 15.6 Å². The van der Waals surface area contributed by atoms with Gasteiger partial charge in [0, 0.05) is 13.1 Å². The number of rotatable bonds is 6. The van der Waals surface area contributed by atoms with E-state index in [4.69, 9.17) is 0 Å². The largest absolute Gasteiger partial charge is 0.350 e. The SMILES string of the molecule is Cc1cccc(CNC(=O)c2cccc(C(=O)NCC(C)C)n2)c1. The zero-order valence-corrected chi connectivity index (χ0v) is 14.3. The van der Waals surface area contributed by atoms with Crippen LogP contribution < -0.4 is 10.6 Å². The van der Waals surface area contributed by atoms with Crippen molar-refractivity contribution >= 4 is 11.8 Å². The van der Waals surface area contributed by atoms with Crippen LogP contribution in [0, 0.1) is 12.8 Å². The monoisotopic (exact) mass is 325 g/mol. The number of pyridine rings is 1. The van der Waals surface area contributed by atoms with Gasteiger partial charge in [-0.25, -0.2) is 4.98 Å². The van der Waals surface area contributed by atoms with Gasteiger partial charge in [0.1, 0.15) is 11.4 Å². The van der Waals surface area contributed by atoms with Crippen molar-refractivity contribution in [2.24, 2.45) is 5.92 Å². The Morgan fingerprint density at radius 3 is 2.25 bits per heavy atom. The number of benzene rings is 1. The summed E-state index contributed by atoms with van der Waals surface area (Å²) in [4.78, 5) is 28.4. The highest BCUT2D eigenvalue weighted by Crippen LogP contribution is 2.05. The van der Waals surface area contributed by atoms with Crippen molar-refractivity contribution in [2.45, 2.75) is 27.3 Å². The second kappa shape index (κ2) is 8.24. The normalized spacial score (nSPS) is 10.5. The Morgan fingerprint density at radius 2 is 1.62 bits per heavy atom. The van der Waals surface area contributed by atoms with Crippen LogP contribution >= 0.6 is 0 Å². The van der Waals surface area contributed by atoms with E-state index < -0.39 is 0 Å². The Morgan fingerprint density at radius 1 is 1.00 bits per heavy atom. The quantitative estimate of drug-likeness (QED) is 0.858. The molecule has 0 aliphatic heterocycles. The molecule has 0 aliphatic rings. The van der Waals surface area contributed by atoms with Crippen molar-refractivity contribution in [1.29, 1.82) is 0 Å². The number of amides is 2. The number of nitrogens with zero attached hydrogens (tertiary/aromatic N) is 1. The van der Waals surface area contributed by atoms with Crippen LogP contribution in [0.15, 0.2) is 42.5 Å². The van der Waals surface area contributed by atoms with Crippen LogP contribution in [0.3, 0.4) is 0 Å². The van der Waals surface area contributed by atoms with E-state index in [1.54, 1.807) is 18.2 Å². The molecule has 5 nitrogen and oxygen atoms in total. The molecule has 1 heterocycles. The molecule has 1 aromatic carbocycles. The summed E-state index contributed by atoms with van der Waals surface area (Å²) in [6.45, 7) is 7.04. The summed E-state index contributed by atoms with van der Waals surface area (Å²) in [7, 11) is 0. The first kappa shape index (κ1) is 17.7. The third-order valence-corrected chi connectivity index (χ3v) is 3.42. The third kappa shape index (κ3) is 5.19. The smallest absolute Gasteiger partial charge is 0.270 e. The highest BCUT2D eigenvalue weighted by atomic mass is 16.2. The lowest BCUT2D eigenvalue weighted by molar-refractivity contribution is 0.0940. The Labute approximate surface area is 142 Å². The first-order valence-corrected chi connectivity index (χ1v) is 8.04. The number of nitrogens with one attached hydrogen (secondary N) is 2. The molecule has 1 aromatic heterocycles. The lowest BCUT2D eigenvalue weighted by Gasteiger charge is -2.09. The lowest BCUT2D eigenvalue weighted by Crippen LogP contribution is -2.29. The molecule has 126 valence electrons. The number of aromatic nitrogens is 1. The molecule has 0 radical (unpaired) electrons. The van der Waals surface area contributed by atoms with Crippen molar-refractivity contribution in [3.8, 4) is 0 Å². The van der Waals surface area contributed by atoms with E-state index in [0.29, 0.717) is 19.0 Å². The molecule has 0 spiro atoms. The molecule has 2 aromatic rings. The van der Waals surface area contributed by atoms with Crippen LogP contribution in [0.1, 0.15) is 46.0 Å². The first-order chi connectivity index (χ1) is 11.5. The van der Waals surface area contributed by atoms with Gasteiger partial charge in [0.05, 0.1) is 0 Å². The molecule has 0 saturated heterocycles. The molecule has 0 fully saturated rings. The second-order valence-corrected chi connectivity index (χ2v) is 6.18. The van der Waals surface area contributed by atoms with Crippen LogP contribution in [0.5, 0.6) is 0 Å². The van der Waals surface area contributed by atoms with E-state index in [0.717, 1.165) is 11.1 Å². The topological polar surface area (TPSA) is 71.1 Å². The average Bonchev–Trinajstić information content (AvgIpc) is 2.57. The maximum atomic E-state index is 12.2. The van der Waals surface area contributed by atoms with Crippen LogP contribution in [-0.2, 0) is 6.54 Å². The predicted octanol–water partition coefficient (Wildman–Crippen LogP) is 2.71. The Balaban J connectivity index is 1.99. The number of aryl methyl sites for hydroxylation is 1. The fraction of sp³-hybridized carbons (Fsp3) is 0.316. The van der Waals surface area contributed by atoms with Gasteiger partial charge in [-0.3, -0.25) is 9.59 Å². The number of carbonyl (C=O) groups is 2. The second-order valence-electron chi connectivity index (χ2n) is 6.18. The zero-order valence-electron chi connectivity index (χ0n) is 14.3. The van der Waals surface area contributed by atoms with Gasteiger partial charge in [0.25, 0.3) is 11.8 Å². The fourth-order valence-electron chi connectivity index (χ4n) is 2.17. The van der Waals surface area contributed by atoms with Gasteiger partial charge in [-0.1, -0.05) is 49.7 Å². The molecule has 0 atom stereocenters. The molecule has 0 aliphatic carbocycles. The van der Waals surface area contributed by atoms with Gasteiger partial charge in [-0.05, 0) is 30.5 Å². The zero-order chi connectivity index (χ0) is 17.5. The van der Waals surface area contributed by atoms with Crippen molar-refractivity contribution in [1.82, 2.24) is 15.6 Å². The summed E-state index contributed by atoms with van der Waals surface area (Å²) in [6.07, 6.45) is 0. The Kier molecular flexibility index (Phi) is 6.07. The Bertz CT molecular complexity index is 726. The number of hydrogen-bond acceptors (Lipinski definition) is 3. The van der Waals surface area contributed by atoms with Crippen LogP contribution in [0.4, 0.5) is 0 Å². The van der Waals surface area contributed by atoms with E-state index in [1.165, 1.54) is 0 Å². The van der Waals surface area contributed by atoms with Crippen LogP contribution in [0.2, 0.25) is 0 Å².